The van der Waals surface area contributed by atoms with Crippen LogP contribution in [0.2, 0.25) is 0 Å². The third kappa shape index (κ3) is 5.83. The lowest BCUT2D eigenvalue weighted by atomic mass is 10.1. The van der Waals surface area contributed by atoms with E-state index in [1.807, 2.05) is 0 Å². The summed E-state index contributed by atoms with van der Waals surface area (Å²) in [6.45, 7) is 2.94. The van der Waals surface area contributed by atoms with E-state index in [4.69, 9.17) is 4.74 Å². The number of ether oxygens (including phenoxy) is 1. The summed E-state index contributed by atoms with van der Waals surface area (Å²) in [5, 5.41) is -4.32. The maximum atomic E-state index is 12.2. The lowest BCUT2D eigenvalue weighted by Crippen LogP contribution is -2.63. The van der Waals surface area contributed by atoms with Gasteiger partial charge in [-0.1, -0.05) is 30.3 Å². The normalized spacial score (nSPS) is 20.0. The highest BCUT2D eigenvalue weighted by Crippen LogP contribution is 2.54. The highest BCUT2D eigenvalue weighted by Gasteiger charge is 2.83. The molecule has 198 valence electrons. The standard InChI is InChI=1S/C16H19OS.C4HF9O3S/c1-2-17-14-10-11-18(12-14)16-9-5-7-13-6-3-4-8-15(13)16;5-1(6,3(9,10)11)2(7,8)4(12,13)17(14,15)16/h3-9,14H,2,10-12H2,1H3;(H,14,15,16)/q+1;/p-1. The molecule has 1 fully saturated rings. The summed E-state index contributed by atoms with van der Waals surface area (Å²) < 4.78 is 141. The van der Waals surface area contributed by atoms with E-state index >= 15 is 0 Å². The summed E-state index contributed by atoms with van der Waals surface area (Å²) in [5.41, 5.74) is 0. The Morgan fingerprint density at radius 1 is 0.943 bits per heavy atom. The zero-order valence-electron chi connectivity index (χ0n) is 17.8. The predicted molar refractivity (Wildman–Crippen MR) is 110 cm³/mol. The fraction of sp³-hybridized carbons (Fsp3) is 0.500. The molecular formula is C20H19F9O4S2. The summed E-state index contributed by atoms with van der Waals surface area (Å²) in [6, 6.07) is 15.4. The Balaban J connectivity index is 0.000000248. The second-order valence-corrected chi connectivity index (χ2v) is 10.9. The van der Waals surface area contributed by atoms with Gasteiger partial charge < -0.3 is 9.29 Å². The van der Waals surface area contributed by atoms with Crippen molar-refractivity contribution in [3.63, 3.8) is 0 Å². The first-order chi connectivity index (χ1) is 15.9. The first-order valence-electron chi connectivity index (χ1n) is 9.81. The van der Waals surface area contributed by atoms with Gasteiger partial charge in [-0.3, -0.25) is 0 Å². The molecule has 0 spiro atoms. The van der Waals surface area contributed by atoms with Crippen LogP contribution < -0.4 is 0 Å². The fourth-order valence-electron chi connectivity index (χ4n) is 3.20. The maximum Gasteiger partial charge on any atom is 0.460 e. The molecule has 0 amide bonds. The molecule has 0 aliphatic carbocycles. The van der Waals surface area contributed by atoms with Crippen LogP contribution in [0.4, 0.5) is 39.5 Å². The molecule has 1 aliphatic heterocycles. The minimum atomic E-state index is -7.43. The van der Waals surface area contributed by atoms with Crippen LogP contribution >= 0.6 is 0 Å². The minimum absolute atomic E-state index is 0.378. The Morgan fingerprint density at radius 3 is 2.06 bits per heavy atom. The van der Waals surface area contributed by atoms with Crippen LogP contribution in [0.5, 0.6) is 0 Å². The quantitative estimate of drug-likeness (QED) is 0.264. The molecule has 1 saturated heterocycles. The molecule has 0 aromatic heterocycles. The molecule has 4 nitrogen and oxygen atoms in total. The molecule has 2 aromatic carbocycles. The van der Waals surface area contributed by atoms with E-state index < -0.39 is 33.4 Å². The van der Waals surface area contributed by atoms with Crippen LogP contribution in [-0.4, -0.2) is 60.5 Å². The molecule has 1 heterocycles. The highest BCUT2D eigenvalue weighted by molar-refractivity contribution is 7.97. The van der Waals surface area contributed by atoms with Crippen molar-refractivity contribution in [3.8, 4) is 0 Å². The van der Waals surface area contributed by atoms with Crippen LogP contribution in [0.15, 0.2) is 47.4 Å². The Labute approximate surface area is 197 Å². The van der Waals surface area contributed by atoms with Gasteiger partial charge in [0, 0.05) is 29.3 Å². The summed E-state index contributed by atoms with van der Waals surface area (Å²) in [5.74, 6) is -12.3. The third-order valence-electron chi connectivity index (χ3n) is 4.97. The summed E-state index contributed by atoms with van der Waals surface area (Å²) in [6.07, 6.45) is -5.46. The molecule has 2 atom stereocenters. The lowest BCUT2D eigenvalue weighted by Gasteiger charge is -2.34. The van der Waals surface area contributed by atoms with Crippen LogP contribution in [0, 0.1) is 0 Å². The van der Waals surface area contributed by atoms with Gasteiger partial charge in [-0.05, 0) is 24.4 Å². The summed E-state index contributed by atoms with van der Waals surface area (Å²) in [7, 11) is -7.04. The van der Waals surface area contributed by atoms with Crippen LogP contribution in [-0.2, 0) is 25.7 Å². The van der Waals surface area contributed by atoms with Gasteiger partial charge in [0.15, 0.2) is 15.0 Å². The number of halogens is 9. The molecule has 0 radical (unpaired) electrons. The van der Waals surface area contributed by atoms with E-state index in [9.17, 15) is 52.5 Å². The van der Waals surface area contributed by atoms with Crippen molar-refractivity contribution in [3.05, 3.63) is 42.5 Å². The van der Waals surface area contributed by atoms with Crippen molar-refractivity contribution in [2.45, 2.75) is 47.6 Å². The molecule has 3 rings (SSSR count). The van der Waals surface area contributed by atoms with Crippen molar-refractivity contribution < 1.29 is 57.2 Å². The van der Waals surface area contributed by atoms with E-state index in [0.717, 1.165) is 6.61 Å². The average molecular weight is 558 g/mol. The van der Waals surface area contributed by atoms with Gasteiger partial charge in [0.25, 0.3) is 0 Å². The van der Waals surface area contributed by atoms with E-state index in [1.54, 1.807) is 0 Å². The third-order valence-corrected chi connectivity index (χ3v) is 8.33. The zero-order valence-corrected chi connectivity index (χ0v) is 19.4. The second-order valence-electron chi connectivity index (χ2n) is 7.32. The Morgan fingerprint density at radius 2 is 1.51 bits per heavy atom. The molecule has 35 heavy (non-hydrogen) atoms. The number of rotatable bonds is 6. The van der Waals surface area contributed by atoms with Crippen molar-refractivity contribution in [2.75, 3.05) is 18.1 Å². The first kappa shape index (κ1) is 29.5. The predicted octanol–water partition coefficient (Wildman–Crippen LogP) is 5.58. The Bertz CT molecular complexity index is 1120. The topological polar surface area (TPSA) is 66.4 Å². The van der Waals surface area contributed by atoms with Gasteiger partial charge in [-0.2, -0.15) is 39.5 Å². The lowest BCUT2D eigenvalue weighted by molar-refractivity contribution is -0.382. The van der Waals surface area contributed by atoms with Gasteiger partial charge in [0.05, 0.1) is 0 Å². The molecule has 0 saturated carbocycles. The van der Waals surface area contributed by atoms with Gasteiger partial charge in [-0.15, -0.1) is 0 Å². The minimum Gasteiger partial charge on any atom is -0.743 e. The van der Waals surface area contributed by atoms with Crippen LogP contribution in [0.25, 0.3) is 10.8 Å². The second kappa shape index (κ2) is 10.3. The largest absolute Gasteiger partial charge is 0.743 e. The van der Waals surface area contributed by atoms with E-state index in [0.29, 0.717) is 17.0 Å². The fourth-order valence-corrected chi connectivity index (χ4v) is 6.23. The average Bonchev–Trinajstić information content (AvgIpc) is 3.20. The van der Waals surface area contributed by atoms with E-state index in [1.165, 1.54) is 33.6 Å². The highest BCUT2D eigenvalue weighted by atomic mass is 32.2. The van der Waals surface area contributed by atoms with Crippen LogP contribution in [0.1, 0.15) is 13.3 Å². The molecule has 2 aromatic rings. The number of fused-ring (bicyclic) bond motifs is 1. The van der Waals surface area contributed by atoms with E-state index in [2.05, 4.69) is 49.4 Å². The number of alkyl halides is 9. The molecule has 2 unspecified atom stereocenters. The van der Waals surface area contributed by atoms with Gasteiger partial charge in [-0.25, -0.2) is 8.42 Å². The first-order valence-corrected chi connectivity index (χ1v) is 12.8. The molecule has 0 N–H and O–H groups in total. The number of hydrogen-bond donors (Lipinski definition) is 0. The monoisotopic (exact) mass is 558 g/mol. The van der Waals surface area contributed by atoms with Gasteiger partial charge in [0.1, 0.15) is 17.6 Å². The van der Waals surface area contributed by atoms with Crippen molar-refractivity contribution in [1.29, 1.82) is 0 Å². The molecular weight excluding hydrogens is 539 g/mol. The SMILES string of the molecule is CCOC1CC[S+](c2cccc3ccccc23)C1.O=S(=O)([O-])C(F)(F)C(F)(F)C(F)(F)C(F)(F)F. The smallest absolute Gasteiger partial charge is 0.460 e. The van der Waals surface area contributed by atoms with Crippen molar-refractivity contribution in [2.24, 2.45) is 0 Å². The zero-order chi connectivity index (χ0) is 26.9. The van der Waals surface area contributed by atoms with Crippen molar-refractivity contribution in [1.82, 2.24) is 0 Å². The van der Waals surface area contributed by atoms with E-state index in [-0.39, 0.29) is 0 Å². The van der Waals surface area contributed by atoms with Crippen LogP contribution in [0.3, 0.4) is 0 Å². The number of hydrogen-bond acceptors (Lipinski definition) is 4. The summed E-state index contributed by atoms with van der Waals surface area (Å²) in [4.78, 5) is 1.54. The van der Waals surface area contributed by atoms with Gasteiger partial charge in [0.2, 0.25) is 0 Å². The molecule has 15 heteroatoms. The maximum absolute atomic E-state index is 12.2. The molecule has 1 aliphatic rings. The van der Waals surface area contributed by atoms with Gasteiger partial charge >= 0.3 is 23.3 Å². The number of benzene rings is 2. The van der Waals surface area contributed by atoms with Crippen molar-refractivity contribution >= 4 is 31.8 Å². The molecule has 0 bridgehead atoms. The Hall–Kier alpha value is -1.71. The summed E-state index contributed by atoms with van der Waals surface area (Å²) >= 11 is 0. The Kier molecular flexibility index (Phi) is 8.72.